The van der Waals surface area contributed by atoms with Gasteiger partial charge in [0, 0.05) is 5.56 Å². The molecule has 0 nitrogen and oxygen atoms in total. The SMILES string of the molecule is CCCc1ccc(-c2ccc(-c3cc(F)c(F)c(F)c3)c(F)c2)cc1. The normalized spacial score (nSPS) is 10.9. The number of rotatable bonds is 4. The second-order valence-electron chi connectivity index (χ2n) is 5.90. The zero-order valence-corrected chi connectivity index (χ0v) is 13.6. The van der Waals surface area contributed by atoms with Crippen LogP contribution in [0.25, 0.3) is 22.3 Å². The van der Waals surface area contributed by atoms with Crippen LogP contribution < -0.4 is 0 Å². The summed E-state index contributed by atoms with van der Waals surface area (Å²) < 4.78 is 54.2. The van der Waals surface area contributed by atoms with Gasteiger partial charge in [0.05, 0.1) is 0 Å². The Labute approximate surface area is 143 Å². The van der Waals surface area contributed by atoms with E-state index in [2.05, 4.69) is 6.92 Å². The Morgan fingerprint density at radius 1 is 0.640 bits per heavy atom. The lowest BCUT2D eigenvalue weighted by molar-refractivity contribution is 0.447. The molecule has 0 amide bonds. The van der Waals surface area contributed by atoms with Gasteiger partial charge < -0.3 is 0 Å². The van der Waals surface area contributed by atoms with E-state index in [0.717, 1.165) is 30.5 Å². The molecule has 3 rings (SSSR count). The highest BCUT2D eigenvalue weighted by Gasteiger charge is 2.14. The molecule has 0 aromatic heterocycles. The van der Waals surface area contributed by atoms with Gasteiger partial charge in [-0.3, -0.25) is 0 Å². The van der Waals surface area contributed by atoms with Gasteiger partial charge in [-0.25, -0.2) is 17.6 Å². The van der Waals surface area contributed by atoms with E-state index in [1.807, 2.05) is 24.3 Å². The molecule has 3 aromatic rings. The molecule has 0 bridgehead atoms. The number of hydrogen-bond donors (Lipinski definition) is 0. The first-order valence-corrected chi connectivity index (χ1v) is 8.03. The average molecular weight is 344 g/mol. The van der Waals surface area contributed by atoms with Crippen LogP contribution in [0.2, 0.25) is 0 Å². The second-order valence-corrected chi connectivity index (χ2v) is 5.90. The van der Waals surface area contributed by atoms with Gasteiger partial charge in [0.2, 0.25) is 0 Å². The summed E-state index contributed by atoms with van der Waals surface area (Å²) in [7, 11) is 0. The largest absolute Gasteiger partial charge is 0.206 e. The standard InChI is InChI=1S/C21H16F4/c1-2-3-13-4-6-14(7-5-13)15-8-9-17(18(22)10-15)16-11-19(23)21(25)20(24)12-16/h4-12H,2-3H2,1H3. The van der Waals surface area contributed by atoms with E-state index >= 15 is 0 Å². The summed E-state index contributed by atoms with van der Waals surface area (Å²) in [5.74, 6) is -4.87. The molecule has 0 aliphatic carbocycles. The van der Waals surface area contributed by atoms with Crippen LogP contribution in [-0.4, -0.2) is 0 Å². The average Bonchev–Trinajstić information content (AvgIpc) is 2.60. The van der Waals surface area contributed by atoms with Gasteiger partial charge in [0.15, 0.2) is 17.5 Å². The second kappa shape index (κ2) is 7.09. The molecule has 25 heavy (non-hydrogen) atoms. The quantitative estimate of drug-likeness (QED) is 0.373. The Morgan fingerprint density at radius 3 is 1.76 bits per heavy atom. The first-order valence-electron chi connectivity index (χ1n) is 8.03. The Kier molecular flexibility index (Phi) is 4.88. The van der Waals surface area contributed by atoms with E-state index in [1.54, 1.807) is 6.07 Å². The molecule has 0 unspecified atom stereocenters. The third-order valence-corrected chi connectivity index (χ3v) is 4.09. The van der Waals surface area contributed by atoms with Crippen molar-refractivity contribution in [1.82, 2.24) is 0 Å². The van der Waals surface area contributed by atoms with Gasteiger partial charge in [-0.05, 0) is 46.9 Å². The van der Waals surface area contributed by atoms with Crippen LogP contribution in [0.15, 0.2) is 54.6 Å². The Bertz CT molecular complexity index is 875. The van der Waals surface area contributed by atoms with Crippen molar-refractivity contribution in [3.8, 4) is 22.3 Å². The number of aryl methyl sites for hydroxylation is 1. The minimum Gasteiger partial charge on any atom is -0.206 e. The Morgan fingerprint density at radius 2 is 1.20 bits per heavy atom. The highest BCUT2D eigenvalue weighted by molar-refractivity contribution is 5.71. The van der Waals surface area contributed by atoms with E-state index in [4.69, 9.17) is 0 Å². The van der Waals surface area contributed by atoms with E-state index in [9.17, 15) is 17.6 Å². The molecule has 0 N–H and O–H groups in total. The highest BCUT2D eigenvalue weighted by Crippen LogP contribution is 2.30. The zero-order chi connectivity index (χ0) is 18.0. The summed E-state index contributed by atoms with van der Waals surface area (Å²) >= 11 is 0. The molecule has 0 saturated carbocycles. The molecule has 0 aliphatic heterocycles. The third-order valence-electron chi connectivity index (χ3n) is 4.09. The van der Waals surface area contributed by atoms with Gasteiger partial charge in [0.1, 0.15) is 5.82 Å². The van der Waals surface area contributed by atoms with Crippen LogP contribution in [0, 0.1) is 23.3 Å². The topological polar surface area (TPSA) is 0 Å². The first kappa shape index (κ1) is 17.2. The molecule has 0 spiro atoms. The Balaban J connectivity index is 1.96. The summed E-state index contributed by atoms with van der Waals surface area (Å²) in [5, 5.41) is 0. The first-order chi connectivity index (χ1) is 12.0. The summed E-state index contributed by atoms with van der Waals surface area (Å²) in [6.07, 6.45) is 2.03. The van der Waals surface area contributed by atoms with E-state index in [-0.39, 0.29) is 11.1 Å². The van der Waals surface area contributed by atoms with Crippen molar-refractivity contribution in [1.29, 1.82) is 0 Å². The van der Waals surface area contributed by atoms with Crippen LogP contribution in [0.3, 0.4) is 0 Å². The van der Waals surface area contributed by atoms with Crippen LogP contribution >= 0.6 is 0 Å². The lowest BCUT2D eigenvalue weighted by Gasteiger charge is -2.09. The van der Waals surface area contributed by atoms with Crippen molar-refractivity contribution >= 4 is 0 Å². The smallest absolute Gasteiger partial charge is 0.194 e. The molecule has 3 aromatic carbocycles. The van der Waals surface area contributed by atoms with Gasteiger partial charge in [0.25, 0.3) is 0 Å². The van der Waals surface area contributed by atoms with Gasteiger partial charge in [-0.2, -0.15) is 0 Å². The molecule has 128 valence electrons. The molecule has 4 heteroatoms. The zero-order valence-electron chi connectivity index (χ0n) is 13.6. The fraction of sp³-hybridized carbons (Fsp3) is 0.143. The van der Waals surface area contributed by atoms with Crippen LogP contribution in [0.4, 0.5) is 17.6 Å². The van der Waals surface area contributed by atoms with E-state index < -0.39 is 23.3 Å². The van der Waals surface area contributed by atoms with Gasteiger partial charge in [-0.15, -0.1) is 0 Å². The van der Waals surface area contributed by atoms with Crippen LogP contribution in [0.1, 0.15) is 18.9 Å². The predicted octanol–water partition coefficient (Wildman–Crippen LogP) is 6.53. The van der Waals surface area contributed by atoms with Crippen LogP contribution in [-0.2, 0) is 6.42 Å². The van der Waals surface area contributed by atoms with Crippen molar-refractivity contribution in [2.45, 2.75) is 19.8 Å². The molecule has 0 heterocycles. The summed E-state index contributed by atoms with van der Waals surface area (Å²) in [6, 6.07) is 13.8. The van der Waals surface area contributed by atoms with Crippen molar-refractivity contribution in [3.05, 3.63) is 83.4 Å². The van der Waals surface area contributed by atoms with Gasteiger partial charge in [-0.1, -0.05) is 49.7 Å². The molecule has 0 atom stereocenters. The maximum Gasteiger partial charge on any atom is 0.194 e. The predicted molar refractivity (Wildman–Crippen MR) is 91.1 cm³/mol. The maximum absolute atomic E-state index is 14.4. The summed E-state index contributed by atoms with van der Waals surface area (Å²) in [6.45, 7) is 2.10. The van der Waals surface area contributed by atoms with Crippen LogP contribution in [0.5, 0.6) is 0 Å². The van der Waals surface area contributed by atoms with Crippen molar-refractivity contribution < 1.29 is 17.6 Å². The van der Waals surface area contributed by atoms with Crippen molar-refractivity contribution in [3.63, 3.8) is 0 Å². The van der Waals surface area contributed by atoms with E-state index in [0.29, 0.717) is 5.56 Å². The summed E-state index contributed by atoms with van der Waals surface area (Å²) in [5.41, 5.74) is 2.69. The number of benzene rings is 3. The molecule has 0 fully saturated rings. The third kappa shape index (κ3) is 3.58. The molecule has 0 saturated heterocycles. The minimum absolute atomic E-state index is 0.0177. The summed E-state index contributed by atoms with van der Waals surface area (Å²) in [4.78, 5) is 0. The van der Waals surface area contributed by atoms with Crippen molar-refractivity contribution in [2.24, 2.45) is 0 Å². The monoisotopic (exact) mass is 344 g/mol. The fourth-order valence-corrected chi connectivity index (χ4v) is 2.79. The molecule has 0 radical (unpaired) electrons. The molecular formula is C21H16F4. The number of hydrogen-bond acceptors (Lipinski definition) is 0. The Hall–Kier alpha value is -2.62. The fourth-order valence-electron chi connectivity index (χ4n) is 2.79. The van der Waals surface area contributed by atoms with Gasteiger partial charge >= 0.3 is 0 Å². The molecule has 0 aliphatic rings. The number of halogens is 4. The minimum atomic E-state index is -1.56. The lowest BCUT2D eigenvalue weighted by atomic mass is 9.98. The lowest BCUT2D eigenvalue weighted by Crippen LogP contribution is -1.94. The van der Waals surface area contributed by atoms with Crippen molar-refractivity contribution in [2.75, 3.05) is 0 Å². The molecular weight excluding hydrogens is 328 g/mol. The highest BCUT2D eigenvalue weighted by atomic mass is 19.2. The maximum atomic E-state index is 14.4. The van der Waals surface area contributed by atoms with E-state index in [1.165, 1.54) is 17.7 Å².